The molecule has 0 spiro atoms. The van der Waals surface area contributed by atoms with Crippen LogP contribution < -0.4 is 5.43 Å². The molecule has 26 heavy (non-hydrogen) atoms. The summed E-state index contributed by atoms with van der Waals surface area (Å²) in [7, 11) is 0. The molecular formula is C17H20N4O5. The minimum Gasteiger partial charge on any atom is -0.298 e. The third kappa shape index (κ3) is 2.46. The van der Waals surface area contributed by atoms with Gasteiger partial charge in [-0.25, -0.2) is 0 Å². The van der Waals surface area contributed by atoms with Crippen molar-refractivity contribution in [2.45, 2.75) is 33.6 Å². The zero-order valence-electron chi connectivity index (χ0n) is 14.8. The Morgan fingerprint density at radius 3 is 2.46 bits per heavy atom. The summed E-state index contributed by atoms with van der Waals surface area (Å²) in [5.74, 6) is 0.0215. The number of nitrogens with one attached hydrogen (secondary N) is 1. The predicted molar refractivity (Wildman–Crippen MR) is 95.0 cm³/mol. The molecular weight excluding hydrogens is 340 g/mol. The van der Waals surface area contributed by atoms with E-state index in [4.69, 9.17) is 0 Å². The smallest absolute Gasteiger partial charge is 0.298 e. The van der Waals surface area contributed by atoms with Gasteiger partial charge >= 0.3 is 5.69 Å². The zero-order chi connectivity index (χ0) is 19.3. The van der Waals surface area contributed by atoms with Crippen LogP contribution in [0.3, 0.4) is 0 Å². The normalized spacial score (nSPS) is 29.3. The predicted octanol–water partition coefficient (Wildman–Crippen LogP) is 3.54. The number of carbonyl (C=O) groups is 1. The summed E-state index contributed by atoms with van der Waals surface area (Å²) in [6, 6.07) is 3.28. The van der Waals surface area contributed by atoms with Crippen molar-refractivity contribution < 1.29 is 14.6 Å². The standard InChI is InChI=1S/C17H20N4O5/c1-16(2)12-6-7-17(16,3)15(22)11(12)9-18-19-13-5-4-10(20(23)24)8-14(13)21(25)26/h4-5,8-9,11-12,19H,6-7H2,1-3H3/b18-9+/t11-,12-,17+/m0/s1. The van der Waals surface area contributed by atoms with Gasteiger partial charge in [0.2, 0.25) is 0 Å². The minimum absolute atomic E-state index is 0.0397. The Hall–Kier alpha value is -2.84. The molecule has 2 aliphatic carbocycles. The molecule has 9 heteroatoms. The molecule has 2 saturated carbocycles. The monoisotopic (exact) mass is 360 g/mol. The van der Waals surface area contributed by atoms with Crippen molar-refractivity contribution in [3.63, 3.8) is 0 Å². The minimum atomic E-state index is -0.711. The lowest BCUT2D eigenvalue weighted by atomic mass is 9.70. The number of benzene rings is 1. The lowest BCUT2D eigenvalue weighted by molar-refractivity contribution is -0.393. The van der Waals surface area contributed by atoms with Gasteiger partial charge in [-0.1, -0.05) is 20.8 Å². The number of nitro benzene ring substituents is 2. The van der Waals surface area contributed by atoms with Crippen LogP contribution in [0.2, 0.25) is 0 Å². The van der Waals surface area contributed by atoms with Gasteiger partial charge in [0.05, 0.1) is 21.8 Å². The summed E-state index contributed by atoms with van der Waals surface area (Å²) < 4.78 is 0. The molecule has 2 fully saturated rings. The second-order valence-corrected chi connectivity index (χ2v) is 7.69. The number of nitrogens with zero attached hydrogens (tertiary/aromatic N) is 3. The number of hydrazone groups is 1. The van der Waals surface area contributed by atoms with Gasteiger partial charge in [-0.3, -0.25) is 30.4 Å². The van der Waals surface area contributed by atoms with Crippen LogP contribution in [0.15, 0.2) is 23.3 Å². The average molecular weight is 360 g/mol. The van der Waals surface area contributed by atoms with Gasteiger partial charge in [-0.15, -0.1) is 0 Å². The summed E-state index contributed by atoms with van der Waals surface area (Å²) >= 11 is 0. The van der Waals surface area contributed by atoms with Crippen molar-refractivity contribution in [3.05, 3.63) is 38.4 Å². The van der Waals surface area contributed by atoms with E-state index in [2.05, 4.69) is 24.4 Å². The maximum atomic E-state index is 12.7. The van der Waals surface area contributed by atoms with Gasteiger partial charge in [-0.2, -0.15) is 5.10 Å². The Morgan fingerprint density at radius 2 is 1.92 bits per heavy atom. The molecule has 3 rings (SSSR count). The number of ketones is 1. The third-order valence-corrected chi connectivity index (χ3v) is 6.39. The number of anilines is 1. The number of rotatable bonds is 5. The Bertz CT molecular complexity index is 834. The molecule has 1 aromatic rings. The fraction of sp³-hybridized carbons (Fsp3) is 0.529. The molecule has 2 bridgehead atoms. The first-order valence-corrected chi connectivity index (χ1v) is 8.36. The first-order chi connectivity index (χ1) is 12.1. The van der Waals surface area contributed by atoms with Crippen molar-refractivity contribution in [1.82, 2.24) is 0 Å². The van der Waals surface area contributed by atoms with Crippen molar-refractivity contribution in [3.8, 4) is 0 Å². The van der Waals surface area contributed by atoms with E-state index in [0.29, 0.717) is 0 Å². The highest BCUT2D eigenvalue weighted by atomic mass is 16.6. The largest absolute Gasteiger partial charge is 0.301 e. The fourth-order valence-corrected chi connectivity index (χ4v) is 4.39. The maximum absolute atomic E-state index is 12.7. The molecule has 2 aliphatic rings. The number of hydrogen-bond donors (Lipinski definition) is 1. The van der Waals surface area contributed by atoms with Crippen molar-refractivity contribution in [2.24, 2.45) is 27.8 Å². The van der Waals surface area contributed by atoms with Crippen molar-refractivity contribution >= 4 is 29.1 Å². The van der Waals surface area contributed by atoms with E-state index in [0.717, 1.165) is 25.0 Å². The van der Waals surface area contributed by atoms with Crippen molar-refractivity contribution in [2.75, 3.05) is 5.43 Å². The van der Waals surface area contributed by atoms with Crippen LogP contribution in [-0.4, -0.2) is 21.8 Å². The van der Waals surface area contributed by atoms with Crippen LogP contribution in [0, 0.1) is 42.9 Å². The number of hydrogen-bond acceptors (Lipinski definition) is 7. The van der Waals surface area contributed by atoms with E-state index >= 15 is 0 Å². The molecule has 0 heterocycles. The zero-order valence-corrected chi connectivity index (χ0v) is 14.8. The van der Waals surface area contributed by atoms with E-state index < -0.39 is 15.5 Å². The molecule has 9 nitrogen and oxygen atoms in total. The quantitative estimate of drug-likeness (QED) is 0.486. The van der Waals surface area contributed by atoms with Crippen LogP contribution in [-0.2, 0) is 4.79 Å². The third-order valence-electron chi connectivity index (χ3n) is 6.39. The van der Waals surface area contributed by atoms with Crippen LogP contribution >= 0.6 is 0 Å². The summed E-state index contributed by atoms with van der Waals surface area (Å²) in [5.41, 5.74) is 1.31. The second kappa shape index (κ2) is 5.86. The molecule has 1 aromatic carbocycles. The number of nitro groups is 2. The average Bonchev–Trinajstić information content (AvgIpc) is 2.88. The van der Waals surface area contributed by atoms with E-state index in [1.807, 2.05) is 6.92 Å². The lowest BCUT2D eigenvalue weighted by Crippen LogP contribution is -2.33. The fourth-order valence-electron chi connectivity index (χ4n) is 4.39. The number of fused-ring (bicyclic) bond motifs is 2. The van der Waals surface area contributed by atoms with E-state index in [-0.39, 0.29) is 39.8 Å². The number of non-ortho nitro benzene ring substituents is 1. The summed E-state index contributed by atoms with van der Waals surface area (Å²) in [6.45, 7) is 6.20. The van der Waals surface area contributed by atoms with E-state index in [1.165, 1.54) is 12.3 Å². The summed E-state index contributed by atoms with van der Waals surface area (Å²) in [4.78, 5) is 33.2. The van der Waals surface area contributed by atoms with Crippen molar-refractivity contribution in [1.29, 1.82) is 0 Å². The first kappa shape index (κ1) is 18.0. The van der Waals surface area contributed by atoms with Gasteiger partial charge in [0, 0.05) is 17.7 Å². The second-order valence-electron chi connectivity index (χ2n) is 7.69. The van der Waals surface area contributed by atoms with Gasteiger partial charge in [0.25, 0.3) is 5.69 Å². The molecule has 0 radical (unpaired) electrons. The number of carbonyl (C=O) groups excluding carboxylic acids is 1. The van der Waals surface area contributed by atoms with Gasteiger partial charge in [0.1, 0.15) is 11.5 Å². The van der Waals surface area contributed by atoms with Gasteiger partial charge < -0.3 is 0 Å². The van der Waals surface area contributed by atoms with E-state index in [1.54, 1.807) is 0 Å². The summed E-state index contributed by atoms with van der Waals surface area (Å²) in [6.07, 6.45) is 3.34. The van der Waals surface area contributed by atoms with E-state index in [9.17, 15) is 25.0 Å². The summed E-state index contributed by atoms with van der Waals surface area (Å²) in [5, 5.41) is 25.9. The highest BCUT2D eigenvalue weighted by molar-refractivity contribution is 6.02. The molecule has 0 saturated heterocycles. The van der Waals surface area contributed by atoms with Gasteiger partial charge in [-0.05, 0) is 30.2 Å². The van der Waals surface area contributed by atoms with Gasteiger partial charge in [0.15, 0.2) is 0 Å². The molecule has 1 N–H and O–H groups in total. The SMILES string of the molecule is CC1(C)[C@H]2CC[C@]1(C)C(=O)[C@H]2/C=N/Nc1ccc([N+](=O)[O-])cc1[N+](=O)[O-]. The van der Waals surface area contributed by atoms with Crippen LogP contribution in [0.25, 0.3) is 0 Å². The lowest BCUT2D eigenvalue weighted by Gasteiger charge is -2.32. The Kier molecular flexibility index (Phi) is 4.05. The highest BCUT2D eigenvalue weighted by Gasteiger charge is 2.65. The number of Topliss-reactive ketones (excluding diaryl/α,β-unsaturated/α-hetero) is 1. The molecule has 138 valence electrons. The molecule has 0 aliphatic heterocycles. The van der Waals surface area contributed by atoms with Crippen LogP contribution in [0.5, 0.6) is 0 Å². The molecule has 0 amide bonds. The van der Waals surface area contributed by atoms with Crippen LogP contribution in [0.1, 0.15) is 33.6 Å². The maximum Gasteiger partial charge on any atom is 0.301 e. The topological polar surface area (TPSA) is 128 Å². The van der Waals surface area contributed by atoms with Crippen LogP contribution in [0.4, 0.5) is 17.1 Å². The first-order valence-electron chi connectivity index (χ1n) is 8.36. The molecule has 0 aromatic heterocycles. The Labute approximate surface area is 149 Å². The highest BCUT2D eigenvalue weighted by Crippen LogP contribution is 2.65. The Balaban J connectivity index is 1.81. The molecule has 0 unspecified atom stereocenters. The molecule has 3 atom stereocenters. The Morgan fingerprint density at radius 1 is 1.23 bits per heavy atom.